The highest BCUT2D eigenvalue weighted by molar-refractivity contribution is 7.09. The molecule has 0 aliphatic carbocycles. The molecule has 1 amide bonds. The molecule has 0 saturated carbocycles. The lowest BCUT2D eigenvalue weighted by Gasteiger charge is -2.33. The third-order valence-corrected chi connectivity index (χ3v) is 5.28. The fourth-order valence-electron chi connectivity index (χ4n) is 2.94. The van der Waals surface area contributed by atoms with Crippen LogP contribution in [0.1, 0.15) is 34.4 Å². The van der Waals surface area contributed by atoms with E-state index < -0.39 is 0 Å². The number of hydrogen-bond acceptors (Lipinski definition) is 4. The fraction of sp³-hybridized carbons (Fsp3) is 0.400. The van der Waals surface area contributed by atoms with Crippen LogP contribution in [-0.2, 0) is 6.42 Å². The van der Waals surface area contributed by atoms with Gasteiger partial charge in [0.25, 0.3) is 5.91 Å². The lowest BCUT2D eigenvalue weighted by atomic mass is 10.2. The summed E-state index contributed by atoms with van der Waals surface area (Å²) in [7, 11) is 0. The Morgan fingerprint density at radius 3 is 2.68 bits per heavy atom. The summed E-state index contributed by atoms with van der Waals surface area (Å²) in [6, 6.07) is 10.3. The van der Waals surface area contributed by atoms with Crippen molar-refractivity contribution in [3.8, 4) is 0 Å². The highest BCUT2D eigenvalue weighted by atomic mass is 32.1. The predicted molar refractivity (Wildman–Crippen MR) is 104 cm³/mol. The van der Waals surface area contributed by atoms with Crippen molar-refractivity contribution < 1.29 is 4.79 Å². The summed E-state index contributed by atoms with van der Waals surface area (Å²) in [5, 5.41) is 2.97. The van der Waals surface area contributed by atoms with Crippen LogP contribution in [0.15, 0.2) is 41.8 Å². The van der Waals surface area contributed by atoms with Crippen LogP contribution in [0.2, 0.25) is 0 Å². The van der Waals surface area contributed by atoms with Gasteiger partial charge in [0.15, 0.2) is 0 Å². The molecular formula is C20H25N3OS. The lowest BCUT2D eigenvalue weighted by Crippen LogP contribution is -2.48. The van der Waals surface area contributed by atoms with Gasteiger partial charge >= 0.3 is 0 Å². The van der Waals surface area contributed by atoms with E-state index in [1.54, 1.807) is 11.3 Å². The molecular weight excluding hydrogens is 330 g/mol. The molecule has 5 heteroatoms. The van der Waals surface area contributed by atoms with Crippen LogP contribution in [0, 0.1) is 0 Å². The second-order valence-electron chi connectivity index (χ2n) is 6.28. The first-order valence-electron chi connectivity index (χ1n) is 8.94. The SMILES string of the molecule is CCCc1nc(C(=O)N2CCN(C/C=C/c3ccccc3)CC2)cs1. The van der Waals surface area contributed by atoms with E-state index in [0.717, 1.165) is 50.6 Å². The average Bonchev–Trinajstić information content (AvgIpc) is 3.12. The Morgan fingerprint density at radius 2 is 1.96 bits per heavy atom. The Bertz CT molecular complexity index is 703. The minimum Gasteiger partial charge on any atom is -0.335 e. The minimum absolute atomic E-state index is 0.0816. The number of aryl methyl sites for hydroxylation is 1. The molecule has 2 heterocycles. The largest absolute Gasteiger partial charge is 0.335 e. The molecule has 2 aromatic rings. The number of aromatic nitrogens is 1. The molecule has 132 valence electrons. The highest BCUT2D eigenvalue weighted by Gasteiger charge is 2.23. The van der Waals surface area contributed by atoms with Crippen molar-refractivity contribution in [2.45, 2.75) is 19.8 Å². The van der Waals surface area contributed by atoms with Gasteiger partial charge in [-0.05, 0) is 18.4 Å². The number of nitrogens with zero attached hydrogens (tertiary/aromatic N) is 3. The number of piperazine rings is 1. The van der Waals surface area contributed by atoms with E-state index in [0.29, 0.717) is 5.69 Å². The van der Waals surface area contributed by atoms with Crippen molar-refractivity contribution in [1.82, 2.24) is 14.8 Å². The molecule has 1 aliphatic heterocycles. The summed E-state index contributed by atoms with van der Waals surface area (Å²) in [6.45, 7) is 6.44. The zero-order valence-electron chi connectivity index (χ0n) is 14.7. The van der Waals surface area contributed by atoms with Gasteiger partial charge in [0.1, 0.15) is 5.69 Å². The predicted octanol–water partition coefficient (Wildman–Crippen LogP) is 3.57. The van der Waals surface area contributed by atoms with E-state index in [-0.39, 0.29) is 5.91 Å². The minimum atomic E-state index is 0.0816. The second kappa shape index (κ2) is 8.92. The second-order valence-corrected chi connectivity index (χ2v) is 7.22. The van der Waals surface area contributed by atoms with E-state index in [4.69, 9.17) is 0 Å². The van der Waals surface area contributed by atoms with Crippen LogP contribution in [0.25, 0.3) is 6.08 Å². The molecule has 0 spiro atoms. The van der Waals surface area contributed by atoms with Gasteiger partial charge in [-0.25, -0.2) is 4.98 Å². The lowest BCUT2D eigenvalue weighted by molar-refractivity contribution is 0.0645. The van der Waals surface area contributed by atoms with Crippen LogP contribution >= 0.6 is 11.3 Å². The number of carbonyl (C=O) groups is 1. The zero-order chi connectivity index (χ0) is 17.5. The van der Waals surface area contributed by atoms with Crippen molar-refractivity contribution in [2.75, 3.05) is 32.7 Å². The van der Waals surface area contributed by atoms with Crippen LogP contribution in [0.5, 0.6) is 0 Å². The van der Waals surface area contributed by atoms with E-state index >= 15 is 0 Å². The summed E-state index contributed by atoms with van der Waals surface area (Å²) < 4.78 is 0. The van der Waals surface area contributed by atoms with Crippen molar-refractivity contribution in [1.29, 1.82) is 0 Å². The maximum atomic E-state index is 12.6. The Morgan fingerprint density at radius 1 is 1.20 bits per heavy atom. The molecule has 0 N–H and O–H groups in total. The third kappa shape index (κ3) is 5.00. The van der Waals surface area contributed by atoms with Gasteiger partial charge < -0.3 is 4.90 Å². The molecule has 1 aromatic heterocycles. The summed E-state index contributed by atoms with van der Waals surface area (Å²) in [5.41, 5.74) is 1.84. The van der Waals surface area contributed by atoms with Gasteiger partial charge in [0.05, 0.1) is 5.01 Å². The molecule has 1 saturated heterocycles. The Balaban J connectivity index is 1.46. The van der Waals surface area contributed by atoms with Crippen molar-refractivity contribution >= 4 is 23.3 Å². The number of amides is 1. The van der Waals surface area contributed by atoms with E-state index in [1.165, 1.54) is 5.56 Å². The van der Waals surface area contributed by atoms with Gasteiger partial charge in [0, 0.05) is 38.1 Å². The average molecular weight is 356 g/mol. The van der Waals surface area contributed by atoms with Crippen LogP contribution in [-0.4, -0.2) is 53.4 Å². The summed E-state index contributed by atoms with van der Waals surface area (Å²) in [4.78, 5) is 21.4. The van der Waals surface area contributed by atoms with E-state index in [2.05, 4.69) is 53.2 Å². The molecule has 25 heavy (non-hydrogen) atoms. The third-order valence-electron chi connectivity index (χ3n) is 4.37. The molecule has 1 fully saturated rings. The highest BCUT2D eigenvalue weighted by Crippen LogP contribution is 2.15. The standard InChI is InChI=1S/C20H25N3OS/c1-2-7-19-21-18(16-25-19)20(24)23-14-12-22(13-15-23)11-6-10-17-8-4-3-5-9-17/h3-6,8-10,16H,2,7,11-15H2,1H3/b10-6+. The first-order valence-corrected chi connectivity index (χ1v) is 9.82. The van der Waals surface area contributed by atoms with Crippen LogP contribution < -0.4 is 0 Å². The Kier molecular flexibility index (Phi) is 6.36. The zero-order valence-corrected chi connectivity index (χ0v) is 15.5. The summed E-state index contributed by atoms with van der Waals surface area (Å²) >= 11 is 1.60. The Labute approximate surface area is 153 Å². The van der Waals surface area contributed by atoms with Crippen LogP contribution in [0.4, 0.5) is 0 Å². The van der Waals surface area contributed by atoms with Gasteiger partial charge in [0.2, 0.25) is 0 Å². The smallest absolute Gasteiger partial charge is 0.273 e. The molecule has 0 bridgehead atoms. The molecule has 4 nitrogen and oxygen atoms in total. The van der Waals surface area contributed by atoms with Gasteiger partial charge in [-0.15, -0.1) is 11.3 Å². The molecule has 1 aromatic carbocycles. The van der Waals surface area contributed by atoms with Crippen molar-refractivity contribution in [3.05, 3.63) is 58.1 Å². The number of rotatable bonds is 6. The van der Waals surface area contributed by atoms with Crippen molar-refractivity contribution in [3.63, 3.8) is 0 Å². The van der Waals surface area contributed by atoms with Gasteiger partial charge in [-0.1, -0.05) is 49.4 Å². The molecule has 0 unspecified atom stereocenters. The Hall–Kier alpha value is -1.98. The maximum absolute atomic E-state index is 12.6. The van der Waals surface area contributed by atoms with Crippen molar-refractivity contribution in [2.24, 2.45) is 0 Å². The van der Waals surface area contributed by atoms with E-state index in [1.807, 2.05) is 16.3 Å². The topological polar surface area (TPSA) is 36.4 Å². The van der Waals surface area contributed by atoms with Gasteiger partial charge in [-0.3, -0.25) is 9.69 Å². The first-order chi connectivity index (χ1) is 12.3. The molecule has 3 rings (SSSR count). The maximum Gasteiger partial charge on any atom is 0.273 e. The fourth-order valence-corrected chi connectivity index (χ4v) is 3.81. The number of benzene rings is 1. The number of hydrogen-bond donors (Lipinski definition) is 0. The molecule has 0 atom stereocenters. The van der Waals surface area contributed by atoms with Gasteiger partial charge in [-0.2, -0.15) is 0 Å². The van der Waals surface area contributed by atoms with Crippen LogP contribution in [0.3, 0.4) is 0 Å². The number of carbonyl (C=O) groups excluding carboxylic acids is 1. The summed E-state index contributed by atoms with van der Waals surface area (Å²) in [5.74, 6) is 0.0816. The van der Waals surface area contributed by atoms with E-state index in [9.17, 15) is 4.79 Å². The monoisotopic (exact) mass is 355 g/mol. The summed E-state index contributed by atoms with van der Waals surface area (Å²) in [6.07, 6.45) is 6.38. The molecule has 0 radical (unpaired) electrons. The normalized spacial score (nSPS) is 15.8. The molecule has 1 aliphatic rings. The quantitative estimate of drug-likeness (QED) is 0.795. The first kappa shape index (κ1) is 17.8. The number of thiazole rings is 1.